The van der Waals surface area contributed by atoms with Gasteiger partial charge in [-0.25, -0.2) is 0 Å². The largest absolute Gasteiger partial charge is 0.468 e. The van der Waals surface area contributed by atoms with Crippen molar-refractivity contribution in [3.63, 3.8) is 0 Å². The number of fused-ring (bicyclic) bond motifs is 1. The van der Waals surface area contributed by atoms with Gasteiger partial charge >= 0.3 is 5.97 Å². The molecular weight excluding hydrogens is 252 g/mol. The van der Waals surface area contributed by atoms with Gasteiger partial charge in [0.2, 0.25) is 6.79 Å². The van der Waals surface area contributed by atoms with Gasteiger partial charge in [-0.05, 0) is 24.1 Å². The smallest absolute Gasteiger partial charge is 0.319 e. The molecular formula is C13H16O4S. The Morgan fingerprint density at radius 2 is 2.06 bits per heavy atom. The van der Waals surface area contributed by atoms with Gasteiger partial charge in [0.25, 0.3) is 0 Å². The highest BCUT2D eigenvalue weighted by Gasteiger charge is 2.25. The van der Waals surface area contributed by atoms with Crippen LogP contribution in [0.2, 0.25) is 0 Å². The lowest BCUT2D eigenvalue weighted by Gasteiger charge is -2.17. The van der Waals surface area contributed by atoms with Gasteiger partial charge in [-0.2, -0.15) is 0 Å². The van der Waals surface area contributed by atoms with Crippen molar-refractivity contribution in [2.45, 2.75) is 24.0 Å². The lowest BCUT2D eigenvalue weighted by Crippen LogP contribution is -2.24. The van der Waals surface area contributed by atoms with Gasteiger partial charge in [-0.15, -0.1) is 11.8 Å². The zero-order chi connectivity index (χ0) is 13.1. The van der Waals surface area contributed by atoms with Gasteiger partial charge in [-0.3, -0.25) is 4.79 Å². The van der Waals surface area contributed by atoms with Crippen molar-refractivity contribution in [1.29, 1.82) is 0 Å². The summed E-state index contributed by atoms with van der Waals surface area (Å²) in [7, 11) is 1.41. The molecule has 0 amide bonds. The summed E-state index contributed by atoms with van der Waals surface area (Å²) in [6, 6.07) is 5.68. The van der Waals surface area contributed by atoms with Gasteiger partial charge in [0.15, 0.2) is 11.5 Å². The number of hydrogen-bond acceptors (Lipinski definition) is 5. The second-order valence-electron chi connectivity index (χ2n) is 4.32. The molecule has 1 atom stereocenters. The molecule has 2 rings (SSSR count). The third-order valence-corrected chi connectivity index (χ3v) is 4.16. The Kier molecular flexibility index (Phi) is 4.01. The molecule has 0 aliphatic carbocycles. The normalized spacial score (nSPS) is 14.7. The van der Waals surface area contributed by atoms with E-state index in [0.717, 1.165) is 16.4 Å². The highest BCUT2D eigenvalue weighted by atomic mass is 32.2. The van der Waals surface area contributed by atoms with Crippen LogP contribution in [0, 0.1) is 5.92 Å². The number of esters is 1. The monoisotopic (exact) mass is 268 g/mol. The first kappa shape index (κ1) is 13.1. The maximum Gasteiger partial charge on any atom is 0.319 e. The van der Waals surface area contributed by atoms with E-state index >= 15 is 0 Å². The molecule has 5 heteroatoms. The van der Waals surface area contributed by atoms with E-state index in [2.05, 4.69) is 0 Å². The minimum atomic E-state index is -0.213. The summed E-state index contributed by atoms with van der Waals surface area (Å²) in [6.45, 7) is 4.26. The zero-order valence-corrected chi connectivity index (χ0v) is 11.5. The zero-order valence-electron chi connectivity index (χ0n) is 10.6. The fraction of sp³-hybridized carbons (Fsp3) is 0.462. The molecule has 0 aromatic heterocycles. The fourth-order valence-corrected chi connectivity index (χ4v) is 2.75. The van der Waals surface area contributed by atoms with Crippen molar-refractivity contribution in [3.05, 3.63) is 18.2 Å². The van der Waals surface area contributed by atoms with E-state index in [0.29, 0.717) is 0 Å². The minimum Gasteiger partial charge on any atom is -0.468 e. The van der Waals surface area contributed by atoms with Crippen molar-refractivity contribution in [1.82, 2.24) is 0 Å². The summed E-state index contributed by atoms with van der Waals surface area (Å²) in [4.78, 5) is 12.7. The van der Waals surface area contributed by atoms with Crippen molar-refractivity contribution in [2.75, 3.05) is 13.9 Å². The second kappa shape index (κ2) is 5.52. The summed E-state index contributed by atoms with van der Waals surface area (Å²) in [5.74, 6) is 1.48. The van der Waals surface area contributed by atoms with Crippen molar-refractivity contribution < 1.29 is 19.0 Å². The molecule has 98 valence electrons. The topological polar surface area (TPSA) is 44.8 Å². The van der Waals surface area contributed by atoms with Gasteiger partial charge in [0.1, 0.15) is 5.25 Å². The van der Waals surface area contributed by atoms with Gasteiger partial charge in [0, 0.05) is 4.90 Å². The van der Waals surface area contributed by atoms with Gasteiger partial charge in [0.05, 0.1) is 7.11 Å². The second-order valence-corrected chi connectivity index (χ2v) is 5.54. The van der Waals surface area contributed by atoms with E-state index in [-0.39, 0.29) is 23.9 Å². The lowest BCUT2D eigenvalue weighted by molar-refractivity contribution is -0.140. The van der Waals surface area contributed by atoms with E-state index in [1.54, 1.807) is 0 Å². The molecule has 4 nitrogen and oxygen atoms in total. The van der Waals surface area contributed by atoms with Gasteiger partial charge < -0.3 is 14.2 Å². The average molecular weight is 268 g/mol. The Bertz CT molecular complexity index is 445. The number of rotatable bonds is 4. The van der Waals surface area contributed by atoms with E-state index < -0.39 is 0 Å². The first-order valence-corrected chi connectivity index (χ1v) is 6.64. The van der Waals surface area contributed by atoms with Crippen LogP contribution in [0.1, 0.15) is 13.8 Å². The summed E-state index contributed by atoms with van der Waals surface area (Å²) in [6.07, 6.45) is 0. The Balaban J connectivity index is 2.14. The summed E-state index contributed by atoms with van der Waals surface area (Å²) < 4.78 is 15.4. The Morgan fingerprint density at radius 3 is 2.72 bits per heavy atom. The maximum atomic E-state index is 11.7. The van der Waals surface area contributed by atoms with Crippen LogP contribution < -0.4 is 9.47 Å². The first-order valence-electron chi connectivity index (χ1n) is 5.76. The van der Waals surface area contributed by atoms with Crippen molar-refractivity contribution in [3.8, 4) is 11.5 Å². The third kappa shape index (κ3) is 2.72. The maximum absolute atomic E-state index is 11.7. The minimum absolute atomic E-state index is 0.201. The van der Waals surface area contributed by atoms with Crippen LogP contribution in [-0.2, 0) is 9.53 Å². The average Bonchev–Trinajstić information content (AvgIpc) is 2.82. The molecule has 1 aliphatic rings. The molecule has 0 saturated heterocycles. The molecule has 0 saturated carbocycles. The number of ether oxygens (including phenoxy) is 3. The first-order chi connectivity index (χ1) is 8.61. The number of hydrogen-bond donors (Lipinski definition) is 0. The Hall–Kier alpha value is -1.36. The Labute approximate surface area is 111 Å². The molecule has 1 aromatic carbocycles. The molecule has 0 N–H and O–H groups in total. The van der Waals surface area contributed by atoms with Crippen molar-refractivity contribution >= 4 is 17.7 Å². The molecule has 0 fully saturated rings. The quantitative estimate of drug-likeness (QED) is 0.620. The molecule has 0 radical (unpaired) electrons. The number of methoxy groups -OCH3 is 1. The predicted molar refractivity (Wildman–Crippen MR) is 69.1 cm³/mol. The summed E-state index contributed by atoms with van der Waals surface area (Å²) in [5, 5.41) is -0.213. The lowest BCUT2D eigenvalue weighted by atomic mass is 10.1. The SMILES string of the molecule is COC(=O)C(Sc1ccc2c(c1)OCO2)C(C)C. The fourth-order valence-electron chi connectivity index (χ4n) is 1.67. The van der Waals surface area contributed by atoms with Crippen LogP contribution in [-0.4, -0.2) is 25.1 Å². The van der Waals surface area contributed by atoms with Crippen LogP contribution in [0.25, 0.3) is 0 Å². The van der Waals surface area contributed by atoms with Crippen LogP contribution in [0.3, 0.4) is 0 Å². The van der Waals surface area contributed by atoms with Crippen LogP contribution >= 0.6 is 11.8 Å². The van der Waals surface area contributed by atoms with E-state index in [4.69, 9.17) is 14.2 Å². The molecule has 1 aliphatic heterocycles. The highest BCUT2D eigenvalue weighted by Crippen LogP contribution is 2.38. The summed E-state index contributed by atoms with van der Waals surface area (Å²) >= 11 is 1.49. The highest BCUT2D eigenvalue weighted by molar-refractivity contribution is 8.00. The van der Waals surface area contributed by atoms with E-state index in [1.807, 2.05) is 32.0 Å². The van der Waals surface area contributed by atoms with Crippen LogP contribution in [0.5, 0.6) is 11.5 Å². The third-order valence-electron chi connectivity index (χ3n) is 2.65. The molecule has 0 spiro atoms. The van der Waals surface area contributed by atoms with E-state index in [1.165, 1.54) is 18.9 Å². The standard InChI is InChI=1S/C13H16O4S/c1-8(2)12(13(14)15-3)18-9-4-5-10-11(6-9)17-7-16-10/h4-6,8,12H,7H2,1-3H3. The number of thioether (sulfide) groups is 1. The predicted octanol–water partition coefficient (Wildman–Crippen LogP) is 2.71. The molecule has 1 unspecified atom stereocenters. The van der Waals surface area contributed by atoms with E-state index in [9.17, 15) is 4.79 Å². The molecule has 18 heavy (non-hydrogen) atoms. The number of carbonyl (C=O) groups excluding carboxylic acids is 1. The van der Waals surface area contributed by atoms with Crippen LogP contribution in [0.4, 0.5) is 0 Å². The molecule has 0 bridgehead atoms. The van der Waals surface area contributed by atoms with Crippen LogP contribution in [0.15, 0.2) is 23.1 Å². The Morgan fingerprint density at radius 1 is 1.33 bits per heavy atom. The summed E-state index contributed by atoms with van der Waals surface area (Å²) in [5.41, 5.74) is 0. The van der Waals surface area contributed by atoms with Gasteiger partial charge in [-0.1, -0.05) is 13.8 Å². The molecule has 1 heterocycles. The number of carbonyl (C=O) groups is 1. The number of benzene rings is 1. The molecule has 1 aromatic rings. The van der Waals surface area contributed by atoms with Crippen molar-refractivity contribution in [2.24, 2.45) is 5.92 Å².